The summed E-state index contributed by atoms with van der Waals surface area (Å²) in [7, 11) is 1.72. The molecule has 0 fully saturated rings. The molecule has 0 aliphatic rings. The molecule has 0 radical (unpaired) electrons. The van der Waals surface area contributed by atoms with Crippen molar-refractivity contribution < 1.29 is 9.90 Å². The van der Waals surface area contributed by atoms with E-state index < -0.39 is 5.97 Å². The number of aromatic nitrogens is 2. The first kappa shape index (κ1) is 10.2. The molecule has 2 aromatic heterocycles. The molecule has 3 rings (SSSR count). The SMILES string of the molecule is Cn1c(C(=O)O)cc2c3cccc(Cl)c3[nH]c21. The molecule has 1 aromatic carbocycles. The second kappa shape index (κ2) is 3.28. The van der Waals surface area contributed by atoms with Gasteiger partial charge in [0.15, 0.2) is 0 Å². The summed E-state index contributed by atoms with van der Waals surface area (Å²) in [5.41, 5.74) is 1.87. The number of carboxylic acids is 1. The highest BCUT2D eigenvalue weighted by Crippen LogP contribution is 2.31. The van der Waals surface area contributed by atoms with E-state index in [2.05, 4.69) is 4.98 Å². The van der Waals surface area contributed by atoms with Crippen LogP contribution < -0.4 is 0 Å². The molecular formula is C12H9ClN2O2. The maximum Gasteiger partial charge on any atom is 0.352 e. The van der Waals surface area contributed by atoms with Gasteiger partial charge in [0, 0.05) is 17.8 Å². The fourth-order valence-corrected chi connectivity index (χ4v) is 2.38. The van der Waals surface area contributed by atoms with Gasteiger partial charge in [-0.05, 0) is 12.1 Å². The number of nitrogens with one attached hydrogen (secondary N) is 1. The first-order valence-corrected chi connectivity index (χ1v) is 5.46. The maximum atomic E-state index is 11.0. The molecule has 2 heterocycles. The summed E-state index contributed by atoms with van der Waals surface area (Å²) in [5.74, 6) is -0.938. The monoisotopic (exact) mass is 248 g/mol. The number of benzene rings is 1. The van der Waals surface area contributed by atoms with Gasteiger partial charge in [-0.3, -0.25) is 0 Å². The highest BCUT2D eigenvalue weighted by atomic mass is 35.5. The van der Waals surface area contributed by atoms with E-state index in [1.165, 1.54) is 0 Å². The van der Waals surface area contributed by atoms with E-state index >= 15 is 0 Å². The maximum absolute atomic E-state index is 11.0. The van der Waals surface area contributed by atoms with Crippen molar-refractivity contribution in [3.05, 3.63) is 35.0 Å². The van der Waals surface area contributed by atoms with Crippen molar-refractivity contribution in [1.29, 1.82) is 0 Å². The Hall–Kier alpha value is -1.94. The predicted octanol–water partition coefficient (Wildman–Crippen LogP) is 3.01. The van der Waals surface area contributed by atoms with Crippen LogP contribution in [0.15, 0.2) is 24.3 Å². The first-order valence-electron chi connectivity index (χ1n) is 5.08. The Bertz CT molecular complexity index is 755. The quantitative estimate of drug-likeness (QED) is 0.695. The van der Waals surface area contributed by atoms with Gasteiger partial charge in [0.05, 0.1) is 10.5 Å². The number of carboxylic acid groups (broad SMARTS) is 1. The smallest absolute Gasteiger partial charge is 0.352 e. The van der Waals surface area contributed by atoms with Crippen molar-refractivity contribution in [2.24, 2.45) is 7.05 Å². The fraction of sp³-hybridized carbons (Fsp3) is 0.0833. The van der Waals surface area contributed by atoms with Crippen LogP contribution in [0, 0.1) is 0 Å². The highest BCUT2D eigenvalue weighted by molar-refractivity contribution is 6.36. The van der Waals surface area contributed by atoms with E-state index in [1.54, 1.807) is 23.7 Å². The predicted molar refractivity (Wildman–Crippen MR) is 66.7 cm³/mol. The van der Waals surface area contributed by atoms with Gasteiger partial charge in [0.25, 0.3) is 0 Å². The zero-order valence-electron chi connectivity index (χ0n) is 8.99. The molecule has 4 nitrogen and oxygen atoms in total. The molecule has 0 saturated heterocycles. The Balaban J connectivity index is 2.49. The largest absolute Gasteiger partial charge is 0.477 e. The van der Waals surface area contributed by atoms with Crippen LogP contribution in [0.3, 0.4) is 0 Å². The van der Waals surface area contributed by atoms with E-state index in [4.69, 9.17) is 16.7 Å². The van der Waals surface area contributed by atoms with Crippen molar-refractivity contribution in [2.45, 2.75) is 0 Å². The number of aromatic carboxylic acids is 1. The molecule has 0 bridgehead atoms. The molecular weight excluding hydrogens is 240 g/mol. The number of nitrogens with zero attached hydrogens (tertiary/aromatic N) is 1. The molecule has 0 spiro atoms. The Labute approximate surface area is 101 Å². The van der Waals surface area contributed by atoms with Gasteiger partial charge in [-0.25, -0.2) is 4.79 Å². The Morgan fingerprint density at radius 2 is 2.18 bits per heavy atom. The van der Waals surface area contributed by atoms with Crippen molar-refractivity contribution in [3.8, 4) is 0 Å². The summed E-state index contributed by atoms with van der Waals surface area (Å²) in [6, 6.07) is 7.24. The highest BCUT2D eigenvalue weighted by Gasteiger charge is 2.16. The van der Waals surface area contributed by atoms with Crippen molar-refractivity contribution in [3.63, 3.8) is 0 Å². The fourth-order valence-electron chi connectivity index (χ4n) is 2.16. The van der Waals surface area contributed by atoms with E-state index in [-0.39, 0.29) is 5.69 Å². The summed E-state index contributed by atoms with van der Waals surface area (Å²) >= 11 is 6.08. The summed E-state index contributed by atoms with van der Waals surface area (Å²) in [5, 5.41) is 11.5. The molecule has 17 heavy (non-hydrogen) atoms. The molecule has 0 unspecified atom stereocenters. The van der Waals surface area contributed by atoms with Crippen LogP contribution in [-0.4, -0.2) is 20.6 Å². The van der Waals surface area contributed by atoms with Crippen molar-refractivity contribution in [2.75, 3.05) is 0 Å². The topological polar surface area (TPSA) is 58.0 Å². The summed E-state index contributed by atoms with van der Waals surface area (Å²) < 4.78 is 1.62. The summed E-state index contributed by atoms with van der Waals surface area (Å²) in [6.45, 7) is 0. The zero-order chi connectivity index (χ0) is 12.2. The molecule has 0 aliphatic carbocycles. The molecule has 0 aliphatic heterocycles. The van der Waals surface area contributed by atoms with Crippen LogP contribution in [0.4, 0.5) is 0 Å². The third-order valence-electron chi connectivity index (χ3n) is 3.00. The Morgan fingerprint density at radius 1 is 1.41 bits per heavy atom. The van der Waals surface area contributed by atoms with Crippen LogP contribution in [-0.2, 0) is 7.05 Å². The van der Waals surface area contributed by atoms with E-state index in [0.29, 0.717) is 5.02 Å². The van der Waals surface area contributed by atoms with Crippen LogP contribution in [0.25, 0.3) is 21.9 Å². The molecule has 0 atom stereocenters. The lowest BCUT2D eigenvalue weighted by Crippen LogP contribution is -2.03. The van der Waals surface area contributed by atoms with Crippen molar-refractivity contribution >= 4 is 39.5 Å². The lowest BCUT2D eigenvalue weighted by atomic mass is 10.2. The molecule has 0 amide bonds. The standard InChI is InChI=1S/C12H9ClN2O2/c1-15-9(12(16)17)5-7-6-3-2-4-8(13)10(6)14-11(7)15/h2-5,14H,1H3,(H,16,17). The molecule has 86 valence electrons. The third-order valence-corrected chi connectivity index (χ3v) is 3.31. The van der Waals surface area contributed by atoms with Crippen LogP contribution in [0.5, 0.6) is 0 Å². The van der Waals surface area contributed by atoms with Gasteiger partial charge in [-0.15, -0.1) is 0 Å². The number of para-hydroxylation sites is 1. The lowest BCUT2D eigenvalue weighted by molar-refractivity contribution is 0.0687. The van der Waals surface area contributed by atoms with Crippen LogP contribution >= 0.6 is 11.6 Å². The first-order chi connectivity index (χ1) is 8.09. The minimum absolute atomic E-state index is 0.258. The molecule has 3 aromatic rings. The van der Waals surface area contributed by atoms with Gasteiger partial charge in [-0.1, -0.05) is 23.7 Å². The third kappa shape index (κ3) is 1.27. The van der Waals surface area contributed by atoms with Gasteiger partial charge >= 0.3 is 5.97 Å². The second-order valence-electron chi connectivity index (χ2n) is 3.94. The zero-order valence-corrected chi connectivity index (χ0v) is 9.75. The molecule has 2 N–H and O–H groups in total. The summed E-state index contributed by atoms with van der Waals surface area (Å²) in [6.07, 6.45) is 0. The minimum atomic E-state index is -0.938. The number of aryl methyl sites for hydroxylation is 1. The van der Waals surface area contributed by atoms with E-state index in [9.17, 15) is 4.79 Å². The number of aromatic amines is 1. The number of halogens is 1. The number of H-pyrrole nitrogens is 1. The Morgan fingerprint density at radius 3 is 2.88 bits per heavy atom. The lowest BCUT2D eigenvalue weighted by Gasteiger charge is -1.97. The van der Waals surface area contributed by atoms with E-state index in [1.807, 2.05) is 12.1 Å². The summed E-state index contributed by atoms with van der Waals surface area (Å²) in [4.78, 5) is 14.2. The number of carbonyl (C=O) groups is 1. The van der Waals surface area contributed by atoms with Gasteiger partial charge in [0.2, 0.25) is 0 Å². The van der Waals surface area contributed by atoms with Crippen molar-refractivity contribution in [1.82, 2.24) is 9.55 Å². The van der Waals surface area contributed by atoms with Crippen LogP contribution in [0.1, 0.15) is 10.5 Å². The molecule has 0 saturated carbocycles. The van der Waals surface area contributed by atoms with Gasteiger partial charge in [0.1, 0.15) is 11.3 Å². The Kier molecular flexibility index (Phi) is 1.97. The van der Waals surface area contributed by atoms with Crippen LogP contribution in [0.2, 0.25) is 5.02 Å². The number of fused-ring (bicyclic) bond motifs is 3. The second-order valence-corrected chi connectivity index (χ2v) is 4.35. The number of hydrogen-bond acceptors (Lipinski definition) is 1. The normalized spacial score (nSPS) is 11.4. The minimum Gasteiger partial charge on any atom is -0.477 e. The average Bonchev–Trinajstić information content (AvgIpc) is 2.78. The van der Waals surface area contributed by atoms with Gasteiger partial charge < -0.3 is 14.7 Å². The number of hydrogen-bond donors (Lipinski definition) is 2. The van der Waals surface area contributed by atoms with Gasteiger partial charge in [-0.2, -0.15) is 0 Å². The average molecular weight is 249 g/mol. The molecule has 5 heteroatoms. The number of rotatable bonds is 1. The van der Waals surface area contributed by atoms with E-state index in [0.717, 1.165) is 21.9 Å².